The number of rotatable bonds is 7. The van der Waals surface area contributed by atoms with Gasteiger partial charge in [-0.3, -0.25) is 14.4 Å². The molecule has 0 aliphatic rings. The predicted octanol–water partition coefficient (Wildman–Crippen LogP) is 2.86. The van der Waals surface area contributed by atoms with E-state index < -0.39 is 42.7 Å². The molecule has 0 aromatic heterocycles. The topological polar surface area (TPSA) is 84.5 Å². The van der Waals surface area contributed by atoms with Gasteiger partial charge in [0.1, 0.15) is 6.54 Å². The van der Waals surface area contributed by atoms with Crippen LogP contribution in [0, 0.1) is 0 Å². The Hall–Kier alpha value is -3.36. The first-order valence-corrected chi connectivity index (χ1v) is 8.62. The normalized spacial score (nSPS) is 12.0. The Morgan fingerprint density at radius 3 is 2.21 bits per heavy atom. The third-order valence-electron chi connectivity index (χ3n) is 3.91. The number of hydrogen-bond acceptors (Lipinski definition) is 4. The van der Waals surface area contributed by atoms with E-state index in [1.165, 1.54) is 0 Å². The molecule has 2 N–H and O–H groups in total. The fourth-order valence-corrected chi connectivity index (χ4v) is 2.37. The number of carbonyl (C=O) groups is 3. The summed E-state index contributed by atoms with van der Waals surface area (Å²) < 4.78 is 42.3. The first kappa shape index (κ1) is 21.9. The van der Waals surface area contributed by atoms with E-state index in [2.05, 4.69) is 10.6 Å². The lowest BCUT2D eigenvalue weighted by molar-refractivity contribution is -0.147. The van der Waals surface area contributed by atoms with Crippen molar-refractivity contribution >= 4 is 17.8 Å². The molecule has 6 nitrogen and oxygen atoms in total. The molecule has 2 rings (SSSR count). The highest BCUT2D eigenvalue weighted by molar-refractivity contribution is 5.96. The molecule has 0 unspecified atom stereocenters. The van der Waals surface area contributed by atoms with Gasteiger partial charge in [0.05, 0.1) is 11.6 Å². The average molecular weight is 408 g/mol. The summed E-state index contributed by atoms with van der Waals surface area (Å²) in [5.41, 5.74) is -0.0413. The molecule has 1 atom stereocenters. The van der Waals surface area contributed by atoms with Crippen LogP contribution in [0.5, 0.6) is 0 Å². The maximum absolute atomic E-state index is 12.5. The minimum Gasteiger partial charge on any atom is -0.454 e. The van der Waals surface area contributed by atoms with E-state index in [4.69, 9.17) is 4.74 Å². The molecule has 0 bridgehead atoms. The van der Waals surface area contributed by atoms with Crippen molar-refractivity contribution in [1.82, 2.24) is 10.6 Å². The minimum absolute atomic E-state index is 0.0415. The van der Waals surface area contributed by atoms with E-state index in [1.807, 2.05) is 30.3 Å². The quantitative estimate of drug-likeness (QED) is 0.690. The van der Waals surface area contributed by atoms with Crippen LogP contribution in [0.4, 0.5) is 13.2 Å². The van der Waals surface area contributed by atoms with Gasteiger partial charge in [-0.25, -0.2) is 0 Å². The lowest BCUT2D eigenvalue weighted by atomic mass is 10.1. The Kier molecular flexibility index (Phi) is 7.35. The lowest BCUT2D eigenvalue weighted by Gasteiger charge is -2.14. The number of benzene rings is 2. The van der Waals surface area contributed by atoms with Crippen molar-refractivity contribution in [2.45, 2.75) is 19.1 Å². The molecule has 0 radical (unpaired) electrons. The van der Waals surface area contributed by atoms with Crippen molar-refractivity contribution in [2.24, 2.45) is 0 Å². The summed E-state index contributed by atoms with van der Waals surface area (Å²) >= 11 is 0. The van der Waals surface area contributed by atoms with Gasteiger partial charge >= 0.3 is 12.1 Å². The predicted molar refractivity (Wildman–Crippen MR) is 97.7 cm³/mol. The summed E-state index contributed by atoms with van der Waals surface area (Å²) in [6, 6.07) is 12.5. The molecule has 0 saturated carbocycles. The van der Waals surface area contributed by atoms with Crippen molar-refractivity contribution in [1.29, 1.82) is 0 Å². The summed E-state index contributed by atoms with van der Waals surface area (Å²) in [7, 11) is 0. The second-order valence-corrected chi connectivity index (χ2v) is 6.12. The highest BCUT2D eigenvalue weighted by Gasteiger charge is 2.30. The molecule has 0 spiro atoms. The van der Waals surface area contributed by atoms with Crippen LogP contribution in [-0.4, -0.2) is 30.9 Å². The van der Waals surface area contributed by atoms with Gasteiger partial charge in [-0.2, -0.15) is 13.2 Å². The largest absolute Gasteiger partial charge is 0.454 e. The lowest BCUT2D eigenvalue weighted by Crippen LogP contribution is -2.34. The Bertz CT molecular complexity index is 852. The zero-order chi connectivity index (χ0) is 21.4. The average Bonchev–Trinajstić information content (AvgIpc) is 2.70. The van der Waals surface area contributed by atoms with Crippen LogP contribution in [0.15, 0.2) is 54.6 Å². The highest BCUT2D eigenvalue weighted by atomic mass is 19.4. The number of carbonyl (C=O) groups excluding carboxylic acids is 3. The van der Waals surface area contributed by atoms with Crippen LogP contribution in [0.1, 0.15) is 34.5 Å². The van der Waals surface area contributed by atoms with Crippen LogP contribution in [0.2, 0.25) is 0 Å². The van der Waals surface area contributed by atoms with E-state index in [1.54, 1.807) is 6.92 Å². The number of esters is 1. The fourth-order valence-electron chi connectivity index (χ4n) is 2.37. The Balaban J connectivity index is 1.73. The first-order chi connectivity index (χ1) is 13.7. The standard InChI is InChI=1S/C20H19F3N2O4/c1-13(14-5-3-2-4-6-14)25-17(26)12-29-18(27)11-24-19(28)15-7-9-16(10-8-15)20(21,22)23/h2-10,13H,11-12H2,1H3,(H,24,28)(H,25,26)/t13-/m1/s1. The molecular formula is C20H19F3N2O4. The smallest absolute Gasteiger partial charge is 0.416 e. The third kappa shape index (κ3) is 6.95. The summed E-state index contributed by atoms with van der Waals surface area (Å²) in [4.78, 5) is 35.4. The molecule has 29 heavy (non-hydrogen) atoms. The monoisotopic (exact) mass is 408 g/mol. The summed E-state index contributed by atoms with van der Waals surface area (Å²) in [6.07, 6.45) is -4.50. The molecule has 9 heteroatoms. The molecule has 0 fully saturated rings. The second kappa shape index (κ2) is 9.72. The van der Waals surface area contributed by atoms with Crippen molar-refractivity contribution in [3.63, 3.8) is 0 Å². The molecule has 0 saturated heterocycles. The first-order valence-electron chi connectivity index (χ1n) is 8.62. The van der Waals surface area contributed by atoms with Crippen LogP contribution in [0.25, 0.3) is 0 Å². The van der Waals surface area contributed by atoms with Gasteiger partial charge in [-0.05, 0) is 36.8 Å². The Morgan fingerprint density at radius 2 is 1.62 bits per heavy atom. The minimum atomic E-state index is -4.50. The van der Waals surface area contributed by atoms with Gasteiger partial charge in [-0.1, -0.05) is 30.3 Å². The molecule has 2 amide bonds. The third-order valence-corrected chi connectivity index (χ3v) is 3.91. The van der Waals surface area contributed by atoms with E-state index in [-0.39, 0.29) is 11.6 Å². The van der Waals surface area contributed by atoms with Crippen LogP contribution >= 0.6 is 0 Å². The van der Waals surface area contributed by atoms with Crippen molar-refractivity contribution < 1.29 is 32.3 Å². The molecule has 0 aliphatic heterocycles. The van der Waals surface area contributed by atoms with Crippen molar-refractivity contribution in [3.8, 4) is 0 Å². The number of halogens is 3. The van der Waals surface area contributed by atoms with Crippen LogP contribution in [-0.2, 0) is 20.5 Å². The number of hydrogen-bond donors (Lipinski definition) is 2. The molecular weight excluding hydrogens is 389 g/mol. The number of nitrogens with one attached hydrogen (secondary N) is 2. The SMILES string of the molecule is C[C@@H](NC(=O)COC(=O)CNC(=O)c1ccc(C(F)(F)F)cc1)c1ccccc1. The maximum Gasteiger partial charge on any atom is 0.416 e. The van der Waals surface area contributed by atoms with Crippen LogP contribution < -0.4 is 10.6 Å². The second-order valence-electron chi connectivity index (χ2n) is 6.12. The maximum atomic E-state index is 12.5. The van der Waals surface area contributed by atoms with Gasteiger partial charge in [0.15, 0.2) is 6.61 Å². The Labute approximate surface area is 165 Å². The molecule has 2 aromatic carbocycles. The van der Waals surface area contributed by atoms with Gasteiger partial charge in [0, 0.05) is 5.56 Å². The molecule has 2 aromatic rings. The fraction of sp³-hybridized carbons (Fsp3) is 0.250. The summed E-state index contributed by atoms with van der Waals surface area (Å²) in [5.74, 6) is -2.10. The van der Waals surface area contributed by atoms with E-state index in [0.717, 1.165) is 29.8 Å². The highest BCUT2D eigenvalue weighted by Crippen LogP contribution is 2.29. The van der Waals surface area contributed by atoms with Crippen molar-refractivity contribution in [3.05, 3.63) is 71.3 Å². The number of alkyl halides is 3. The van der Waals surface area contributed by atoms with E-state index in [0.29, 0.717) is 0 Å². The van der Waals surface area contributed by atoms with E-state index in [9.17, 15) is 27.6 Å². The number of amides is 2. The zero-order valence-corrected chi connectivity index (χ0v) is 15.5. The molecule has 0 heterocycles. The summed E-state index contributed by atoms with van der Waals surface area (Å²) in [6.45, 7) is 0.729. The van der Waals surface area contributed by atoms with E-state index >= 15 is 0 Å². The van der Waals surface area contributed by atoms with Gasteiger partial charge in [-0.15, -0.1) is 0 Å². The number of ether oxygens (including phenoxy) is 1. The van der Waals surface area contributed by atoms with Crippen LogP contribution in [0.3, 0.4) is 0 Å². The van der Waals surface area contributed by atoms with Gasteiger partial charge < -0.3 is 15.4 Å². The molecule has 154 valence electrons. The molecule has 0 aliphatic carbocycles. The zero-order valence-electron chi connectivity index (χ0n) is 15.5. The Morgan fingerprint density at radius 1 is 1.00 bits per heavy atom. The summed E-state index contributed by atoms with van der Waals surface area (Å²) in [5, 5.41) is 4.89. The van der Waals surface area contributed by atoms with Crippen molar-refractivity contribution in [2.75, 3.05) is 13.2 Å². The van der Waals surface area contributed by atoms with Gasteiger partial charge in [0.2, 0.25) is 0 Å². The van der Waals surface area contributed by atoms with Gasteiger partial charge in [0.25, 0.3) is 11.8 Å².